The van der Waals surface area contributed by atoms with Crippen molar-refractivity contribution < 1.29 is 9.13 Å². The molecule has 0 spiro atoms. The normalized spacial score (nSPS) is 11.9. The molecule has 0 heterocycles. The molecule has 3 heteroatoms. The van der Waals surface area contributed by atoms with Gasteiger partial charge >= 0.3 is 0 Å². The van der Waals surface area contributed by atoms with Gasteiger partial charge in [0, 0.05) is 17.8 Å². The van der Waals surface area contributed by atoms with Gasteiger partial charge in [-0.2, -0.15) is 0 Å². The molecule has 19 heavy (non-hydrogen) atoms. The maximum atomic E-state index is 13.3. The second-order valence-corrected chi connectivity index (χ2v) is 4.58. The summed E-state index contributed by atoms with van der Waals surface area (Å²) in [6, 6.07) is 15.3. The maximum Gasteiger partial charge on any atom is 0.165 e. The van der Waals surface area contributed by atoms with Gasteiger partial charge in [-0.3, -0.25) is 0 Å². The van der Waals surface area contributed by atoms with E-state index < -0.39 is 0 Å². The van der Waals surface area contributed by atoms with Crippen molar-refractivity contribution in [3.63, 3.8) is 0 Å². The molecule has 0 bridgehead atoms. The standard InChI is InChI=1S/C16H18FNO/c1-12(10-13-6-4-3-5-7-13)18-14-8-9-15(17)16(11-14)19-2/h3-9,11-12,18H,10H2,1-2H3. The highest BCUT2D eigenvalue weighted by molar-refractivity contribution is 5.49. The van der Waals surface area contributed by atoms with Crippen molar-refractivity contribution in [2.75, 3.05) is 12.4 Å². The van der Waals surface area contributed by atoms with Crippen molar-refractivity contribution in [3.05, 3.63) is 59.9 Å². The lowest BCUT2D eigenvalue weighted by Crippen LogP contribution is -2.18. The van der Waals surface area contributed by atoms with Crippen LogP contribution in [0.1, 0.15) is 12.5 Å². The molecule has 0 aliphatic rings. The fourth-order valence-corrected chi connectivity index (χ4v) is 2.05. The highest BCUT2D eigenvalue weighted by Gasteiger charge is 2.07. The van der Waals surface area contributed by atoms with E-state index in [9.17, 15) is 4.39 Å². The number of nitrogens with one attached hydrogen (secondary N) is 1. The Kier molecular flexibility index (Phi) is 4.39. The van der Waals surface area contributed by atoms with Crippen LogP contribution in [0.5, 0.6) is 5.75 Å². The summed E-state index contributed by atoms with van der Waals surface area (Å²) in [7, 11) is 1.47. The Morgan fingerprint density at radius 2 is 1.89 bits per heavy atom. The smallest absolute Gasteiger partial charge is 0.165 e. The SMILES string of the molecule is COc1cc(NC(C)Cc2ccccc2)ccc1F. The number of hydrogen-bond donors (Lipinski definition) is 1. The zero-order valence-electron chi connectivity index (χ0n) is 11.2. The number of ether oxygens (including phenoxy) is 1. The molecule has 2 aromatic rings. The zero-order valence-corrected chi connectivity index (χ0v) is 11.2. The van der Waals surface area contributed by atoms with Crippen LogP contribution in [0.4, 0.5) is 10.1 Å². The number of rotatable bonds is 5. The van der Waals surface area contributed by atoms with Crippen LogP contribution in [0.25, 0.3) is 0 Å². The Morgan fingerprint density at radius 3 is 2.58 bits per heavy atom. The van der Waals surface area contributed by atoms with Crippen LogP contribution in [0.2, 0.25) is 0 Å². The van der Waals surface area contributed by atoms with Crippen molar-refractivity contribution in [1.82, 2.24) is 0 Å². The van der Waals surface area contributed by atoms with Crippen LogP contribution in [0.15, 0.2) is 48.5 Å². The summed E-state index contributed by atoms with van der Waals surface area (Å²) >= 11 is 0. The highest BCUT2D eigenvalue weighted by atomic mass is 19.1. The molecule has 0 aromatic heterocycles. The van der Waals surface area contributed by atoms with Gasteiger partial charge in [0.1, 0.15) is 0 Å². The molecule has 1 atom stereocenters. The first-order valence-electron chi connectivity index (χ1n) is 6.33. The lowest BCUT2D eigenvalue weighted by molar-refractivity contribution is 0.387. The fraction of sp³-hybridized carbons (Fsp3) is 0.250. The van der Waals surface area contributed by atoms with Crippen LogP contribution in [0.3, 0.4) is 0 Å². The van der Waals surface area contributed by atoms with Crippen molar-refractivity contribution in [2.24, 2.45) is 0 Å². The molecular weight excluding hydrogens is 241 g/mol. The minimum Gasteiger partial charge on any atom is -0.494 e. The van der Waals surface area contributed by atoms with E-state index in [-0.39, 0.29) is 17.6 Å². The largest absolute Gasteiger partial charge is 0.494 e. The first kappa shape index (κ1) is 13.4. The van der Waals surface area contributed by atoms with E-state index in [1.165, 1.54) is 18.7 Å². The van der Waals surface area contributed by atoms with Crippen molar-refractivity contribution in [1.29, 1.82) is 0 Å². The molecule has 1 N–H and O–H groups in total. The Morgan fingerprint density at radius 1 is 1.16 bits per heavy atom. The third-order valence-electron chi connectivity index (χ3n) is 2.95. The van der Waals surface area contributed by atoms with E-state index in [4.69, 9.17) is 4.74 Å². The molecular formula is C16H18FNO. The molecule has 100 valence electrons. The molecule has 0 aliphatic heterocycles. The van der Waals surface area contributed by atoms with Crippen molar-refractivity contribution in [2.45, 2.75) is 19.4 Å². The summed E-state index contributed by atoms with van der Waals surface area (Å²) in [6.45, 7) is 2.10. The van der Waals surface area contributed by atoms with Gasteiger partial charge in [0.25, 0.3) is 0 Å². The van der Waals surface area contributed by atoms with Crippen LogP contribution in [-0.2, 0) is 6.42 Å². The van der Waals surface area contributed by atoms with Gasteiger partial charge in [-0.1, -0.05) is 30.3 Å². The van der Waals surface area contributed by atoms with E-state index in [1.807, 2.05) is 18.2 Å². The first-order chi connectivity index (χ1) is 9.19. The number of hydrogen-bond acceptors (Lipinski definition) is 2. The average molecular weight is 259 g/mol. The molecule has 0 saturated heterocycles. The molecule has 2 aromatic carbocycles. The van der Waals surface area contributed by atoms with Gasteiger partial charge in [-0.05, 0) is 31.0 Å². The van der Waals surface area contributed by atoms with Crippen LogP contribution in [-0.4, -0.2) is 13.2 Å². The lowest BCUT2D eigenvalue weighted by atomic mass is 10.1. The summed E-state index contributed by atoms with van der Waals surface area (Å²) in [6.07, 6.45) is 0.917. The van der Waals surface area contributed by atoms with E-state index in [1.54, 1.807) is 12.1 Å². The van der Waals surface area contributed by atoms with E-state index in [0.29, 0.717) is 0 Å². The minimum absolute atomic E-state index is 0.261. The summed E-state index contributed by atoms with van der Waals surface area (Å²) in [5.74, 6) is -0.0827. The zero-order chi connectivity index (χ0) is 13.7. The van der Waals surface area contributed by atoms with Crippen LogP contribution < -0.4 is 10.1 Å². The van der Waals surface area contributed by atoms with Gasteiger partial charge in [0.15, 0.2) is 11.6 Å². The number of benzene rings is 2. The molecule has 1 unspecified atom stereocenters. The second kappa shape index (κ2) is 6.23. The Labute approximate surface area is 113 Å². The summed E-state index contributed by atoms with van der Waals surface area (Å²) in [5.41, 5.74) is 2.14. The molecule has 0 fully saturated rings. The van der Waals surface area contributed by atoms with Gasteiger partial charge in [-0.25, -0.2) is 4.39 Å². The van der Waals surface area contributed by atoms with Crippen molar-refractivity contribution >= 4 is 5.69 Å². The predicted octanol–water partition coefficient (Wildman–Crippen LogP) is 3.88. The Bertz CT molecular complexity index is 528. The second-order valence-electron chi connectivity index (χ2n) is 4.58. The third kappa shape index (κ3) is 3.71. The van der Waals surface area contributed by atoms with E-state index in [2.05, 4.69) is 24.4 Å². The van der Waals surface area contributed by atoms with E-state index in [0.717, 1.165) is 12.1 Å². The first-order valence-corrected chi connectivity index (χ1v) is 6.33. The molecule has 2 nitrogen and oxygen atoms in total. The van der Waals surface area contributed by atoms with Crippen LogP contribution >= 0.6 is 0 Å². The third-order valence-corrected chi connectivity index (χ3v) is 2.95. The van der Waals surface area contributed by atoms with E-state index >= 15 is 0 Å². The number of halogens is 1. The minimum atomic E-state index is -0.344. The number of methoxy groups -OCH3 is 1. The average Bonchev–Trinajstić information content (AvgIpc) is 2.42. The molecule has 0 saturated carbocycles. The summed E-state index contributed by atoms with van der Waals surface area (Å²) in [5, 5.41) is 3.35. The summed E-state index contributed by atoms with van der Waals surface area (Å²) in [4.78, 5) is 0. The Hall–Kier alpha value is -2.03. The number of anilines is 1. The van der Waals surface area contributed by atoms with Crippen LogP contribution in [0, 0.1) is 5.82 Å². The summed E-state index contributed by atoms with van der Waals surface area (Å²) < 4.78 is 18.3. The van der Waals surface area contributed by atoms with Gasteiger partial charge < -0.3 is 10.1 Å². The quantitative estimate of drug-likeness (QED) is 0.880. The van der Waals surface area contributed by atoms with Crippen molar-refractivity contribution in [3.8, 4) is 5.75 Å². The predicted molar refractivity (Wildman–Crippen MR) is 76.2 cm³/mol. The van der Waals surface area contributed by atoms with Gasteiger partial charge in [-0.15, -0.1) is 0 Å². The lowest BCUT2D eigenvalue weighted by Gasteiger charge is -2.16. The molecule has 0 radical (unpaired) electrons. The molecule has 0 aliphatic carbocycles. The monoisotopic (exact) mass is 259 g/mol. The maximum absolute atomic E-state index is 13.3. The van der Waals surface area contributed by atoms with Gasteiger partial charge in [0.05, 0.1) is 7.11 Å². The molecule has 0 amide bonds. The topological polar surface area (TPSA) is 21.3 Å². The Balaban J connectivity index is 2.01. The fourth-order valence-electron chi connectivity index (χ4n) is 2.05. The molecule has 2 rings (SSSR count). The highest BCUT2D eigenvalue weighted by Crippen LogP contribution is 2.22. The van der Waals surface area contributed by atoms with Gasteiger partial charge in [0.2, 0.25) is 0 Å².